The van der Waals surface area contributed by atoms with Crippen LogP contribution >= 0.6 is 11.3 Å². The van der Waals surface area contributed by atoms with E-state index in [1.54, 1.807) is 49.8 Å². The van der Waals surface area contributed by atoms with Crippen LogP contribution in [-0.4, -0.2) is 50.6 Å². The van der Waals surface area contributed by atoms with E-state index in [9.17, 15) is 9.59 Å². The van der Waals surface area contributed by atoms with Gasteiger partial charge in [0, 0.05) is 29.2 Å². The number of ether oxygens (including phenoxy) is 2. The van der Waals surface area contributed by atoms with Gasteiger partial charge in [0.25, 0.3) is 5.91 Å². The molecule has 4 rings (SSSR count). The molecule has 1 atom stereocenters. The highest BCUT2D eigenvalue weighted by Crippen LogP contribution is 2.42. The standard InChI is InChI=1S/C26H29N3O4S/c1-4-27-26(31)18-7-5-8-19(13-18)28-24(30)16-29-11-10-17-14-21(32-2)22(33-3)15-20(17)25(29)23-9-6-12-34-23/h5-9,12-15,25H,4,10-11,16H2,1-3H3,(H,27,31)(H,28,30). The van der Waals surface area contributed by atoms with Crippen molar-refractivity contribution in [3.8, 4) is 11.5 Å². The van der Waals surface area contributed by atoms with Gasteiger partial charge in [0.05, 0.1) is 26.8 Å². The molecular formula is C26H29N3O4S. The molecular weight excluding hydrogens is 450 g/mol. The number of amides is 2. The van der Waals surface area contributed by atoms with Gasteiger partial charge >= 0.3 is 0 Å². The molecule has 0 fully saturated rings. The van der Waals surface area contributed by atoms with Crippen LogP contribution in [0.25, 0.3) is 0 Å². The van der Waals surface area contributed by atoms with E-state index in [2.05, 4.69) is 27.0 Å². The Morgan fingerprint density at radius 2 is 1.88 bits per heavy atom. The molecule has 2 aromatic carbocycles. The second kappa shape index (κ2) is 10.7. The molecule has 0 bridgehead atoms. The first kappa shape index (κ1) is 23.8. The second-order valence-electron chi connectivity index (χ2n) is 8.03. The van der Waals surface area contributed by atoms with E-state index in [4.69, 9.17) is 9.47 Å². The summed E-state index contributed by atoms with van der Waals surface area (Å²) in [4.78, 5) is 28.5. The van der Waals surface area contributed by atoms with Crippen LogP contribution in [0.4, 0.5) is 5.69 Å². The van der Waals surface area contributed by atoms with Gasteiger partial charge in [0.2, 0.25) is 5.91 Å². The predicted octanol–water partition coefficient (Wildman–Crippen LogP) is 4.10. The quantitative estimate of drug-likeness (QED) is 0.509. The summed E-state index contributed by atoms with van der Waals surface area (Å²) in [5.41, 5.74) is 3.44. The fourth-order valence-corrected chi connectivity index (χ4v) is 5.21. The van der Waals surface area contributed by atoms with Gasteiger partial charge in [-0.15, -0.1) is 11.3 Å². The fraction of sp³-hybridized carbons (Fsp3) is 0.308. The molecule has 1 aliphatic rings. The van der Waals surface area contributed by atoms with Gasteiger partial charge in [-0.05, 0) is 66.2 Å². The topological polar surface area (TPSA) is 79.9 Å². The Hall–Kier alpha value is -3.36. The molecule has 0 saturated heterocycles. The first-order chi connectivity index (χ1) is 16.5. The lowest BCUT2D eigenvalue weighted by Crippen LogP contribution is -2.41. The van der Waals surface area contributed by atoms with E-state index < -0.39 is 0 Å². The maximum Gasteiger partial charge on any atom is 0.251 e. The van der Waals surface area contributed by atoms with Gasteiger partial charge in [-0.25, -0.2) is 0 Å². The molecule has 0 spiro atoms. The van der Waals surface area contributed by atoms with Gasteiger partial charge in [-0.2, -0.15) is 0 Å². The number of carbonyl (C=O) groups is 2. The normalized spacial score (nSPS) is 15.3. The summed E-state index contributed by atoms with van der Waals surface area (Å²) in [6, 6.07) is 15.1. The molecule has 0 aliphatic carbocycles. The van der Waals surface area contributed by atoms with E-state index in [1.165, 1.54) is 10.4 Å². The Kier molecular flexibility index (Phi) is 7.49. The van der Waals surface area contributed by atoms with Crippen LogP contribution in [-0.2, 0) is 11.2 Å². The minimum atomic E-state index is -0.159. The lowest BCUT2D eigenvalue weighted by atomic mass is 9.91. The number of thiophene rings is 1. The van der Waals surface area contributed by atoms with Crippen LogP contribution in [0.15, 0.2) is 53.9 Å². The minimum Gasteiger partial charge on any atom is -0.493 e. The van der Waals surface area contributed by atoms with E-state index >= 15 is 0 Å². The number of nitrogens with zero attached hydrogens (tertiary/aromatic N) is 1. The molecule has 3 aromatic rings. The minimum absolute atomic E-state index is 0.0593. The average Bonchev–Trinajstić information content (AvgIpc) is 3.37. The Morgan fingerprint density at radius 1 is 1.09 bits per heavy atom. The van der Waals surface area contributed by atoms with E-state index in [-0.39, 0.29) is 24.4 Å². The van der Waals surface area contributed by atoms with Crippen LogP contribution in [0.2, 0.25) is 0 Å². The number of benzene rings is 2. The Balaban J connectivity index is 1.57. The second-order valence-corrected chi connectivity index (χ2v) is 9.01. The van der Waals surface area contributed by atoms with Crippen molar-refractivity contribution in [3.63, 3.8) is 0 Å². The average molecular weight is 480 g/mol. The zero-order valence-corrected chi connectivity index (χ0v) is 20.4. The Labute approximate surface area is 203 Å². The van der Waals surface area contributed by atoms with E-state index in [0.717, 1.165) is 18.5 Å². The molecule has 178 valence electrons. The molecule has 1 aliphatic heterocycles. The highest BCUT2D eigenvalue weighted by atomic mass is 32.1. The molecule has 8 heteroatoms. The third kappa shape index (κ3) is 5.08. The number of hydrogen-bond donors (Lipinski definition) is 2. The maximum atomic E-state index is 13.0. The predicted molar refractivity (Wildman–Crippen MR) is 134 cm³/mol. The summed E-state index contributed by atoms with van der Waals surface area (Å²) in [5.74, 6) is 1.10. The summed E-state index contributed by atoms with van der Waals surface area (Å²) in [6.45, 7) is 3.38. The van der Waals surface area contributed by atoms with Crippen molar-refractivity contribution in [2.75, 3.05) is 39.2 Å². The van der Waals surface area contributed by atoms with Gasteiger partial charge < -0.3 is 20.1 Å². The monoisotopic (exact) mass is 479 g/mol. The number of nitrogens with one attached hydrogen (secondary N) is 2. The molecule has 0 radical (unpaired) electrons. The zero-order chi connectivity index (χ0) is 24.1. The first-order valence-electron chi connectivity index (χ1n) is 11.2. The van der Waals surface area contributed by atoms with Gasteiger partial charge in [-0.1, -0.05) is 12.1 Å². The van der Waals surface area contributed by atoms with Gasteiger partial charge in [0.15, 0.2) is 11.5 Å². The highest BCUT2D eigenvalue weighted by molar-refractivity contribution is 7.10. The number of fused-ring (bicyclic) bond motifs is 1. The van der Waals surface area contributed by atoms with Gasteiger partial charge in [-0.3, -0.25) is 14.5 Å². The molecule has 2 heterocycles. The van der Waals surface area contributed by atoms with Crippen LogP contribution in [0, 0.1) is 0 Å². The lowest BCUT2D eigenvalue weighted by molar-refractivity contribution is -0.117. The summed E-state index contributed by atoms with van der Waals surface area (Å²) in [6.07, 6.45) is 0.803. The zero-order valence-electron chi connectivity index (χ0n) is 19.6. The summed E-state index contributed by atoms with van der Waals surface area (Å²) < 4.78 is 11.1. The van der Waals surface area contributed by atoms with Crippen molar-refractivity contribution < 1.29 is 19.1 Å². The molecule has 34 heavy (non-hydrogen) atoms. The van der Waals surface area contributed by atoms with Crippen molar-refractivity contribution in [2.24, 2.45) is 0 Å². The summed E-state index contributed by atoms with van der Waals surface area (Å²) >= 11 is 1.67. The molecule has 1 unspecified atom stereocenters. The van der Waals surface area contributed by atoms with Crippen LogP contribution in [0.3, 0.4) is 0 Å². The molecule has 2 amide bonds. The van der Waals surface area contributed by atoms with Crippen molar-refractivity contribution >= 4 is 28.8 Å². The molecule has 0 saturated carbocycles. The van der Waals surface area contributed by atoms with E-state index in [1.807, 2.05) is 25.1 Å². The van der Waals surface area contributed by atoms with Crippen molar-refractivity contribution in [1.29, 1.82) is 0 Å². The van der Waals surface area contributed by atoms with Crippen molar-refractivity contribution in [1.82, 2.24) is 10.2 Å². The number of anilines is 1. The Bertz CT molecular complexity index is 1160. The van der Waals surface area contributed by atoms with Crippen LogP contribution in [0.5, 0.6) is 11.5 Å². The largest absolute Gasteiger partial charge is 0.493 e. The Morgan fingerprint density at radius 3 is 2.59 bits per heavy atom. The summed E-state index contributed by atoms with van der Waals surface area (Å²) in [5, 5.41) is 7.78. The van der Waals surface area contributed by atoms with Crippen molar-refractivity contribution in [2.45, 2.75) is 19.4 Å². The van der Waals surface area contributed by atoms with E-state index in [0.29, 0.717) is 29.3 Å². The third-order valence-corrected chi connectivity index (χ3v) is 6.80. The lowest BCUT2D eigenvalue weighted by Gasteiger charge is -2.37. The highest BCUT2D eigenvalue weighted by Gasteiger charge is 2.32. The maximum absolute atomic E-state index is 13.0. The third-order valence-electron chi connectivity index (χ3n) is 5.88. The fourth-order valence-electron chi connectivity index (χ4n) is 4.33. The van der Waals surface area contributed by atoms with Crippen LogP contribution in [0.1, 0.15) is 39.3 Å². The van der Waals surface area contributed by atoms with Crippen LogP contribution < -0.4 is 20.1 Å². The smallest absolute Gasteiger partial charge is 0.251 e. The first-order valence-corrected chi connectivity index (χ1v) is 12.1. The number of rotatable bonds is 8. The number of hydrogen-bond acceptors (Lipinski definition) is 6. The molecule has 1 aromatic heterocycles. The van der Waals surface area contributed by atoms with Gasteiger partial charge in [0.1, 0.15) is 0 Å². The molecule has 2 N–H and O–H groups in total. The number of methoxy groups -OCH3 is 2. The molecule has 7 nitrogen and oxygen atoms in total. The summed E-state index contributed by atoms with van der Waals surface area (Å²) in [7, 11) is 3.27. The SMILES string of the molecule is CCNC(=O)c1cccc(NC(=O)CN2CCc3cc(OC)c(OC)cc3C2c2cccs2)c1. The number of carbonyl (C=O) groups excluding carboxylic acids is 2. The van der Waals surface area contributed by atoms with Crippen molar-refractivity contribution in [3.05, 3.63) is 75.5 Å².